The lowest BCUT2D eigenvalue weighted by Gasteiger charge is -2.23. The van der Waals surface area contributed by atoms with Gasteiger partial charge in [-0.15, -0.1) is 0 Å². The maximum absolute atomic E-state index is 12.5. The molecule has 5 heteroatoms. The number of hydrogen-bond donors (Lipinski definition) is 0. The molecule has 2 heterocycles. The second kappa shape index (κ2) is 6.26. The van der Waals surface area contributed by atoms with Crippen molar-refractivity contribution in [1.29, 1.82) is 0 Å². The number of para-hydroxylation sites is 1. The molecule has 5 nitrogen and oxygen atoms in total. The molecular formula is C16H20N2O3. The smallest absolute Gasteiger partial charge is 0.228 e. The summed E-state index contributed by atoms with van der Waals surface area (Å²) in [5, 5.41) is 4.96. The number of amides is 1. The summed E-state index contributed by atoms with van der Waals surface area (Å²) in [6.45, 7) is 5.06. The highest BCUT2D eigenvalue weighted by Crippen LogP contribution is 2.19. The molecule has 1 saturated heterocycles. The number of hydrogen-bond acceptors (Lipinski definition) is 4. The van der Waals surface area contributed by atoms with Crippen molar-refractivity contribution in [2.45, 2.75) is 19.8 Å². The minimum absolute atomic E-state index is 0.100. The van der Waals surface area contributed by atoms with E-state index in [1.807, 2.05) is 36.1 Å². The zero-order valence-electron chi connectivity index (χ0n) is 12.2. The van der Waals surface area contributed by atoms with Crippen molar-refractivity contribution >= 4 is 16.9 Å². The van der Waals surface area contributed by atoms with Crippen LogP contribution in [-0.4, -0.2) is 42.3 Å². The van der Waals surface area contributed by atoms with Crippen LogP contribution in [0.15, 0.2) is 28.8 Å². The van der Waals surface area contributed by atoms with Crippen molar-refractivity contribution in [3.8, 4) is 0 Å². The number of carbonyl (C=O) groups is 1. The van der Waals surface area contributed by atoms with Gasteiger partial charge in [0.25, 0.3) is 0 Å². The van der Waals surface area contributed by atoms with Crippen LogP contribution in [0.2, 0.25) is 0 Å². The number of fused-ring (bicyclic) bond motifs is 1. The van der Waals surface area contributed by atoms with Gasteiger partial charge in [0.15, 0.2) is 5.58 Å². The minimum Gasteiger partial charge on any atom is -0.381 e. The van der Waals surface area contributed by atoms with E-state index in [-0.39, 0.29) is 5.91 Å². The van der Waals surface area contributed by atoms with E-state index in [9.17, 15) is 4.79 Å². The van der Waals surface area contributed by atoms with Gasteiger partial charge in [0.1, 0.15) is 5.69 Å². The fourth-order valence-electron chi connectivity index (χ4n) is 2.77. The van der Waals surface area contributed by atoms with Crippen LogP contribution in [0.25, 0.3) is 11.0 Å². The van der Waals surface area contributed by atoms with E-state index >= 15 is 0 Å². The van der Waals surface area contributed by atoms with Gasteiger partial charge < -0.3 is 14.2 Å². The van der Waals surface area contributed by atoms with Gasteiger partial charge in [0.05, 0.1) is 13.0 Å². The molecule has 0 N–H and O–H groups in total. The fraction of sp³-hybridized carbons (Fsp3) is 0.500. The third-order valence-corrected chi connectivity index (χ3v) is 4.01. The lowest BCUT2D eigenvalue weighted by Crippen LogP contribution is -2.36. The number of rotatable bonds is 5. The average Bonchev–Trinajstić information content (AvgIpc) is 3.15. The van der Waals surface area contributed by atoms with Gasteiger partial charge in [0.2, 0.25) is 5.91 Å². The molecule has 1 amide bonds. The molecule has 0 aliphatic carbocycles. The molecule has 2 aromatic rings. The molecule has 1 aliphatic rings. The molecule has 3 rings (SSSR count). The van der Waals surface area contributed by atoms with Crippen molar-refractivity contribution in [3.63, 3.8) is 0 Å². The van der Waals surface area contributed by atoms with E-state index < -0.39 is 0 Å². The molecule has 112 valence electrons. The summed E-state index contributed by atoms with van der Waals surface area (Å²) in [6, 6.07) is 7.64. The predicted octanol–water partition coefficient (Wildman–Crippen LogP) is 2.26. The Bertz CT molecular complexity index is 617. The SMILES string of the molecule is CCN(C[C@@H]1CCOC1)C(=O)Cc1noc2ccccc12. The van der Waals surface area contributed by atoms with Crippen molar-refractivity contribution in [3.05, 3.63) is 30.0 Å². The van der Waals surface area contributed by atoms with Crippen LogP contribution < -0.4 is 0 Å². The molecule has 1 aliphatic heterocycles. The molecule has 0 spiro atoms. The summed E-state index contributed by atoms with van der Waals surface area (Å²) in [5.41, 5.74) is 1.45. The van der Waals surface area contributed by atoms with Crippen molar-refractivity contribution in [2.24, 2.45) is 5.92 Å². The molecule has 0 saturated carbocycles. The Hall–Kier alpha value is -1.88. The highest BCUT2D eigenvalue weighted by Gasteiger charge is 2.22. The van der Waals surface area contributed by atoms with Gasteiger partial charge in [-0.2, -0.15) is 0 Å². The monoisotopic (exact) mass is 288 g/mol. The largest absolute Gasteiger partial charge is 0.381 e. The molecule has 0 bridgehead atoms. The Kier molecular flexibility index (Phi) is 4.20. The molecule has 21 heavy (non-hydrogen) atoms. The van der Waals surface area contributed by atoms with Crippen molar-refractivity contribution in [2.75, 3.05) is 26.3 Å². The van der Waals surface area contributed by atoms with Crippen LogP contribution in [0, 0.1) is 5.92 Å². The molecule has 1 atom stereocenters. The summed E-state index contributed by atoms with van der Waals surface area (Å²) in [5.74, 6) is 0.561. The van der Waals surface area contributed by atoms with Gasteiger partial charge in [-0.05, 0) is 25.5 Å². The standard InChI is InChI=1S/C16H20N2O3/c1-2-18(10-12-7-8-20-11-12)16(19)9-14-13-5-3-4-6-15(13)21-17-14/h3-6,12H,2,7-11H2,1H3/t12-/m0/s1. The number of aromatic nitrogens is 1. The van der Waals surface area contributed by atoms with Crippen molar-refractivity contribution in [1.82, 2.24) is 10.1 Å². The summed E-state index contributed by atoms with van der Waals surface area (Å²) in [6.07, 6.45) is 1.33. The minimum atomic E-state index is 0.100. The summed E-state index contributed by atoms with van der Waals surface area (Å²) < 4.78 is 10.6. The van der Waals surface area contributed by atoms with E-state index in [0.717, 1.165) is 42.8 Å². The Morgan fingerprint density at radius 2 is 2.29 bits per heavy atom. The third kappa shape index (κ3) is 3.08. The van der Waals surface area contributed by atoms with Gasteiger partial charge in [-0.25, -0.2) is 0 Å². The molecule has 0 unspecified atom stereocenters. The van der Waals surface area contributed by atoms with Gasteiger partial charge >= 0.3 is 0 Å². The number of nitrogens with zero attached hydrogens (tertiary/aromatic N) is 2. The predicted molar refractivity (Wildman–Crippen MR) is 78.9 cm³/mol. The zero-order valence-corrected chi connectivity index (χ0v) is 12.2. The third-order valence-electron chi connectivity index (χ3n) is 4.01. The topological polar surface area (TPSA) is 55.6 Å². The first-order chi connectivity index (χ1) is 10.3. The van der Waals surface area contributed by atoms with Gasteiger partial charge in [-0.1, -0.05) is 17.3 Å². The Labute approximate surface area is 123 Å². The molecule has 1 fully saturated rings. The van der Waals surface area contributed by atoms with Crippen LogP contribution in [-0.2, 0) is 16.0 Å². The Balaban J connectivity index is 1.69. The van der Waals surface area contributed by atoms with Crippen LogP contribution in [0.4, 0.5) is 0 Å². The van der Waals surface area contributed by atoms with E-state index in [1.165, 1.54) is 0 Å². The van der Waals surface area contributed by atoms with E-state index in [4.69, 9.17) is 9.26 Å². The first kappa shape index (κ1) is 14.1. The van der Waals surface area contributed by atoms with Crippen LogP contribution >= 0.6 is 0 Å². The van der Waals surface area contributed by atoms with E-state index in [0.29, 0.717) is 18.9 Å². The van der Waals surface area contributed by atoms with Crippen molar-refractivity contribution < 1.29 is 14.1 Å². The maximum Gasteiger partial charge on any atom is 0.228 e. The second-order valence-electron chi connectivity index (χ2n) is 5.46. The number of likely N-dealkylation sites (N-methyl/N-ethyl adjacent to an activating group) is 1. The van der Waals surface area contributed by atoms with Crippen LogP contribution in [0.1, 0.15) is 19.0 Å². The summed E-state index contributed by atoms with van der Waals surface area (Å²) in [4.78, 5) is 14.4. The highest BCUT2D eigenvalue weighted by atomic mass is 16.5. The first-order valence-corrected chi connectivity index (χ1v) is 7.46. The Morgan fingerprint density at radius 3 is 3.05 bits per heavy atom. The first-order valence-electron chi connectivity index (χ1n) is 7.46. The lowest BCUT2D eigenvalue weighted by atomic mass is 10.1. The van der Waals surface area contributed by atoms with Crippen LogP contribution in [0.3, 0.4) is 0 Å². The van der Waals surface area contributed by atoms with Gasteiger partial charge in [0, 0.05) is 31.0 Å². The highest BCUT2D eigenvalue weighted by molar-refractivity contribution is 5.86. The molecule has 0 radical (unpaired) electrons. The van der Waals surface area contributed by atoms with Gasteiger partial charge in [-0.3, -0.25) is 4.79 Å². The fourth-order valence-corrected chi connectivity index (χ4v) is 2.77. The van der Waals surface area contributed by atoms with E-state index in [2.05, 4.69) is 5.16 Å². The lowest BCUT2D eigenvalue weighted by molar-refractivity contribution is -0.131. The maximum atomic E-state index is 12.5. The quantitative estimate of drug-likeness (QED) is 0.847. The summed E-state index contributed by atoms with van der Waals surface area (Å²) >= 11 is 0. The van der Waals surface area contributed by atoms with E-state index in [1.54, 1.807) is 0 Å². The number of ether oxygens (including phenoxy) is 1. The normalized spacial score (nSPS) is 18.2. The molecule has 1 aromatic heterocycles. The number of benzene rings is 1. The average molecular weight is 288 g/mol. The number of carbonyl (C=O) groups excluding carboxylic acids is 1. The van der Waals surface area contributed by atoms with Crippen LogP contribution in [0.5, 0.6) is 0 Å². The molecular weight excluding hydrogens is 268 g/mol. The second-order valence-corrected chi connectivity index (χ2v) is 5.46. The Morgan fingerprint density at radius 1 is 1.43 bits per heavy atom. The summed E-state index contributed by atoms with van der Waals surface area (Å²) in [7, 11) is 0. The zero-order chi connectivity index (χ0) is 14.7. The molecule has 1 aromatic carbocycles.